The van der Waals surface area contributed by atoms with Gasteiger partial charge in [-0.2, -0.15) is 0 Å². The number of carbonyl (C=O) groups excluding carboxylic acids is 1. The van der Waals surface area contributed by atoms with Crippen LogP contribution in [0, 0.1) is 0 Å². The molecule has 0 aliphatic carbocycles. The van der Waals surface area contributed by atoms with Crippen LogP contribution in [0.5, 0.6) is 0 Å². The van der Waals surface area contributed by atoms with Crippen LogP contribution in [0.3, 0.4) is 0 Å². The summed E-state index contributed by atoms with van der Waals surface area (Å²) in [6.45, 7) is 0.00845. The number of hydrogen-bond donors (Lipinski definition) is 1. The van der Waals surface area contributed by atoms with E-state index in [0.717, 1.165) is 11.4 Å². The summed E-state index contributed by atoms with van der Waals surface area (Å²) < 4.78 is 6.71. The quantitative estimate of drug-likeness (QED) is 0.916. The van der Waals surface area contributed by atoms with Crippen molar-refractivity contribution in [2.75, 3.05) is 13.7 Å². The minimum absolute atomic E-state index is 0.00845. The molecule has 0 radical (unpaired) electrons. The molecule has 0 bridgehead atoms. The van der Waals surface area contributed by atoms with Crippen LogP contribution in [-0.4, -0.2) is 29.2 Å². The minimum Gasteiger partial charge on any atom is -0.375 e. The normalized spacial score (nSPS) is 12.2. The summed E-state index contributed by atoms with van der Waals surface area (Å²) >= 11 is 5.90. The lowest BCUT2D eigenvalue weighted by molar-refractivity contribution is -0.125. The fourth-order valence-corrected chi connectivity index (χ4v) is 2.07. The summed E-state index contributed by atoms with van der Waals surface area (Å²) in [4.78, 5) is 16.1. The Morgan fingerprint density at radius 3 is 2.70 bits per heavy atom. The molecule has 5 nitrogen and oxygen atoms in total. The Bertz CT molecular complexity index is 580. The van der Waals surface area contributed by atoms with E-state index in [4.69, 9.17) is 16.3 Å². The standard InChI is InChI=1S/C14H16ClN3O2/c1-18-8-7-16-14(18)13(17-12(19)9-20-2)10-3-5-11(15)6-4-10/h3-8,13H,9H2,1-2H3,(H,17,19)/t13-/m1/s1. The summed E-state index contributed by atoms with van der Waals surface area (Å²) in [5.74, 6) is 0.548. The summed E-state index contributed by atoms with van der Waals surface area (Å²) in [7, 11) is 3.37. The summed E-state index contributed by atoms with van der Waals surface area (Å²) in [5.41, 5.74) is 0.910. The molecular weight excluding hydrogens is 278 g/mol. The lowest BCUT2D eigenvalue weighted by Crippen LogP contribution is -2.33. The van der Waals surface area contributed by atoms with Crippen molar-refractivity contribution in [3.63, 3.8) is 0 Å². The van der Waals surface area contributed by atoms with Gasteiger partial charge >= 0.3 is 0 Å². The highest BCUT2D eigenvalue weighted by molar-refractivity contribution is 6.30. The number of ether oxygens (including phenoxy) is 1. The Labute approximate surface area is 122 Å². The molecule has 106 valence electrons. The van der Waals surface area contributed by atoms with E-state index in [9.17, 15) is 4.79 Å². The van der Waals surface area contributed by atoms with E-state index in [0.29, 0.717) is 5.02 Å². The molecule has 0 saturated carbocycles. The summed E-state index contributed by atoms with van der Waals surface area (Å²) in [5, 5.41) is 3.56. The maximum Gasteiger partial charge on any atom is 0.246 e. The van der Waals surface area contributed by atoms with Crippen LogP contribution >= 0.6 is 11.6 Å². The Hall–Kier alpha value is -1.85. The number of halogens is 1. The number of aromatic nitrogens is 2. The van der Waals surface area contributed by atoms with Crippen molar-refractivity contribution in [1.82, 2.24) is 14.9 Å². The molecule has 20 heavy (non-hydrogen) atoms. The van der Waals surface area contributed by atoms with Crippen LogP contribution in [-0.2, 0) is 16.6 Å². The Morgan fingerprint density at radius 1 is 1.45 bits per heavy atom. The van der Waals surface area contributed by atoms with Crippen LogP contribution in [0.25, 0.3) is 0 Å². The fourth-order valence-electron chi connectivity index (χ4n) is 1.94. The molecule has 1 heterocycles. The first-order valence-corrected chi connectivity index (χ1v) is 6.50. The molecule has 1 amide bonds. The van der Waals surface area contributed by atoms with Crippen LogP contribution in [0.15, 0.2) is 36.7 Å². The lowest BCUT2D eigenvalue weighted by atomic mass is 10.1. The van der Waals surface area contributed by atoms with E-state index in [1.54, 1.807) is 18.3 Å². The SMILES string of the molecule is COCC(=O)N[C@H](c1ccc(Cl)cc1)c1nccn1C. The van der Waals surface area contributed by atoms with Gasteiger partial charge in [0.25, 0.3) is 0 Å². The highest BCUT2D eigenvalue weighted by Gasteiger charge is 2.20. The number of hydrogen-bond acceptors (Lipinski definition) is 3. The van der Waals surface area contributed by atoms with E-state index in [1.165, 1.54) is 7.11 Å². The average Bonchev–Trinajstić information content (AvgIpc) is 2.84. The smallest absolute Gasteiger partial charge is 0.246 e. The Balaban J connectivity index is 2.31. The largest absolute Gasteiger partial charge is 0.375 e. The molecule has 2 rings (SSSR count). The zero-order chi connectivity index (χ0) is 14.5. The van der Waals surface area contributed by atoms with Crippen molar-refractivity contribution in [2.24, 2.45) is 7.05 Å². The average molecular weight is 294 g/mol. The molecule has 1 aromatic carbocycles. The van der Waals surface area contributed by atoms with E-state index in [2.05, 4.69) is 10.3 Å². The van der Waals surface area contributed by atoms with Crippen LogP contribution in [0.4, 0.5) is 0 Å². The predicted molar refractivity (Wildman–Crippen MR) is 76.5 cm³/mol. The number of amides is 1. The third-order valence-corrected chi connectivity index (χ3v) is 3.15. The first-order chi connectivity index (χ1) is 9.61. The first kappa shape index (κ1) is 14.6. The zero-order valence-electron chi connectivity index (χ0n) is 11.3. The van der Waals surface area contributed by atoms with Gasteiger partial charge in [0.2, 0.25) is 5.91 Å². The van der Waals surface area contributed by atoms with Crippen molar-refractivity contribution in [1.29, 1.82) is 0 Å². The molecule has 1 N–H and O–H groups in total. The number of nitrogens with one attached hydrogen (secondary N) is 1. The van der Waals surface area contributed by atoms with E-state index in [1.807, 2.05) is 29.9 Å². The highest BCUT2D eigenvalue weighted by atomic mass is 35.5. The molecule has 0 saturated heterocycles. The second-order valence-electron chi connectivity index (χ2n) is 4.38. The van der Waals surface area contributed by atoms with Gasteiger partial charge in [-0.25, -0.2) is 4.98 Å². The number of imidazole rings is 1. The van der Waals surface area contributed by atoms with Crippen molar-refractivity contribution < 1.29 is 9.53 Å². The van der Waals surface area contributed by atoms with Crippen LogP contribution < -0.4 is 5.32 Å². The number of carbonyl (C=O) groups is 1. The van der Waals surface area contributed by atoms with E-state index >= 15 is 0 Å². The van der Waals surface area contributed by atoms with E-state index in [-0.39, 0.29) is 18.6 Å². The van der Waals surface area contributed by atoms with Gasteiger partial charge in [-0.05, 0) is 17.7 Å². The van der Waals surface area contributed by atoms with E-state index < -0.39 is 0 Å². The minimum atomic E-state index is -0.338. The maximum atomic E-state index is 11.8. The van der Waals surface area contributed by atoms with Crippen molar-refractivity contribution in [3.8, 4) is 0 Å². The third kappa shape index (κ3) is 3.37. The molecule has 0 unspecified atom stereocenters. The summed E-state index contributed by atoms with van der Waals surface area (Å²) in [6.07, 6.45) is 3.53. The van der Waals surface area contributed by atoms with Crippen molar-refractivity contribution >= 4 is 17.5 Å². The molecule has 0 aliphatic heterocycles. The number of rotatable bonds is 5. The van der Waals surface area contributed by atoms with Gasteiger partial charge in [0.1, 0.15) is 18.5 Å². The molecule has 0 fully saturated rings. The molecule has 0 spiro atoms. The predicted octanol–water partition coefficient (Wildman–Crippen LogP) is 1.93. The molecule has 0 aliphatic rings. The summed E-state index contributed by atoms with van der Waals surface area (Å²) in [6, 6.07) is 6.98. The van der Waals surface area contributed by atoms with Gasteiger partial charge in [-0.15, -0.1) is 0 Å². The van der Waals surface area contributed by atoms with Crippen molar-refractivity contribution in [2.45, 2.75) is 6.04 Å². The maximum absolute atomic E-state index is 11.8. The Morgan fingerprint density at radius 2 is 2.15 bits per heavy atom. The zero-order valence-corrected chi connectivity index (χ0v) is 12.1. The number of methoxy groups -OCH3 is 1. The molecule has 1 atom stereocenters. The van der Waals surface area contributed by atoms with Gasteiger partial charge in [-0.1, -0.05) is 23.7 Å². The van der Waals surface area contributed by atoms with Crippen LogP contribution in [0.1, 0.15) is 17.4 Å². The topological polar surface area (TPSA) is 56.1 Å². The number of nitrogens with zero attached hydrogens (tertiary/aromatic N) is 2. The molecule has 1 aromatic heterocycles. The second-order valence-corrected chi connectivity index (χ2v) is 4.82. The number of benzene rings is 1. The fraction of sp³-hybridized carbons (Fsp3) is 0.286. The molecule has 6 heteroatoms. The number of aryl methyl sites for hydroxylation is 1. The molecular formula is C14H16ClN3O2. The van der Waals surface area contributed by atoms with Gasteiger partial charge in [-0.3, -0.25) is 4.79 Å². The van der Waals surface area contributed by atoms with Gasteiger partial charge in [0, 0.05) is 31.6 Å². The van der Waals surface area contributed by atoms with Crippen LogP contribution in [0.2, 0.25) is 5.02 Å². The van der Waals surface area contributed by atoms with Gasteiger partial charge in [0.05, 0.1) is 0 Å². The van der Waals surface area contributed by atoms with Gasteiger partial charge in [0.15, 0.2) is 0 Å². The monoisotopic (exact) mass is 293 g/mol. The lowest BCUT2D eigenvalue weighted by Gasteiger charge is -2.19. The first-order valence-electron chi connectivity index (χ1n) is 6.13. The second kappa shape index (κ2) is 6.54. The Kier molecular flexibility index (Phi) is 4.76. The third-order valence-electron chi connectivity index (χ3n) is 2.90. The van der Waals surface area contributed by atoms with Gasteiger partial charge < -0.3 is 14.6 Å². The highest BCUT2D eigenvalue weighted by Crippen LogP contribution is 2.22. The van der Waals surface area contributed by atoms with Crippen molar-refractivity contribution in [3.05, 3.63) is 53.1 Å². The molecule has 2 aromatic rings.